The Hall–Kier alpha value is -2.24. The van der Waals surface area contributed by atoms with Gasteiger partial charge in [-0.3, -0.25) is 19.7 Å². The standard InChI is InChI=1S/C8H5NO5/c10-3-5-1-6(4-11)8(12)2-7(5)9(13)14/h1-4,12H. The van der Waals surface area contributed by atoms with Crippen LogP contribution in [-0.2, 0) is 0 Å². The number of rotatable bonds is 3. The van der Waals surface area contributed by atoms with Crippen molar-refractivity contribution in [2.24, 2.45) is 0 Å². The number of nitro benzene ring substituents is 1. The van der Waals surface area contributed by atoms with Gasteiger partial charge in [0.1, 0.15) is 5.75 Å². The third-order valence-corrected chi connectivity index (χ3v) is 1.63. The summed E-state index contributed by atoms with van der Waals surface area (Å²) < 4.78 is 0. The second-order valence-corrected chi connectivity index (χ2v) is 2.46. The van der Waals surface area contributed by atoms with Crippen molar-refractivity contribution in [1.29, 1.82) is 0 Å². The maximum atomic E-state index is 10.4. The molecule has 0 amide bonds. The lowest BCUT2D eigenvalue weighted by atomic mass is 10.1. The molecule has 0 saturated heterocycles. The van der Waals surface area contributed by atoms with Crippen LogP contribution in [0.25, 0.3) is 0 Å². The highest BCUT2D eigenvalue weighted by Gasteiger charge is 2.16. The number of hydrogen-bond acceptors (Lipinski definition) is 5. The molecule has 0 atom stereocenters. The van der Waals surface area contributed by atoms with Crippen LogP contribution in [0, 0.1) is 10.1 Å². The first kappa shape index (κ1) is 9.85. The van der Waals surface area contributed by atoms with Gasteiger partial charge in [0.05, 0.1) is 22.1 Å². The molecule has 0 aromatic heterocycles. The van der Waals surface area contributed by atoms with Crippen molar-refractivity contribution < 1.29 is 19.6 Å². The molecule has 6 heteroatoms. The molecule has 0 saturated carbocycles. The zero-order valence-electron chi connectivity index (χ0n) is 6.84. The highest BCUT2D eigenvalue weighted by molar-refractivity contribution is 5.88. The highest BCUT2D eigenvalue weighted by atomic mass is 16.6. The first-order chi connectivity index (χ1) is 6.60. The van der Waals surface area contributed by atoms with Crippen molar-refractivity contribution in [2.45, 2.75) is 0 Å². The van der Waals surface area contributed by atoms with E-state index in [-0.39, 0.29) is 17.4 Å². The fourth-order valence-corrected chi connectivity index (χ4v) is 0.958. The molecular weight excluding hydrogens is 190 g/mol. The number of benzene rings is 1. The van der Waals surface area contributed by atoms with Gasteiger partial charge in [0.25, 0.3) is 5.69 Å². The Bertz CT molecular complexity index is 412. The monoisotopic (exact) mass is 195 g/mol. The molecule has 14 heavy (non-hydrogen) atoms. The summed E-state index contributed by atoms with van der Waals surface area (Å²) in [5.41, 5.74) is -0.921. The first-order valence-corrected chi connectivity index (χ1v) is 3.52. The van der Waals surface area contributed by atoms with E-state index in [1.165, 1.54) is 0 Å². The molecule has 0 aliphatic rings. The number of carbonyl (C=O) groups is 2. The lowest BCUT2D eigenvalue weighted by Crippen LogP contribution is -1.96. The van der Waals surface area contributed by atoms with Crippen LogP contribution in [0.5, 0.6) is 5.75 Å². The zero-order chi connectivity index (χ0) is 10.7. The second kappa shape index (κ2) is 3.65. The SMILES string of the molecule is O=Cc1cc(C=O)c([N+](=O)[O-])cc1O. The van der Waals surface area contributed by atoms with Crippen LogP contribution in [0.1, 0.15) is 20.7 Å². The van der Waals surface area contributed by atoms with Crippen LogP contribution in [0.3, 0.4) is 0 Å². The minimum atomic E-state index is -0.808. The van der Waals surface area contributed by atoms with Gasteiger partial charge in [-0.1, -0.05) is 0 Å². The molecule has 0 unspecified atom stereocenters. The second-order valence-electron chi connectivity index (χ2n) is 2.46. The van der Waals surface area contributed by atoms with Crippen LogP contribution in [0.15, 0.2) is 12.1 Å². The van der Waals surface area contributed by atoms with Crippen LogP contribution in [-0.4, -0.2) is 22.6 Å². The number of carbonyl (C=O) groups excluding carboxylic acids is 2. The maximum absolute atomic E-state index is 10.4. The Morgan fingerprint density at radius 1 is 1.21 bits per heavy atom. The summed E-state index contributed by atoms with van der Waals surface area (Å²) in [5.74, 6) is -0.516. The summed E-state index contributed by atoms with van der Waals surface area (Å²) in [6, 6.07) is 1.74. The van der Waals surface area contributed by atoms with Gasteiger partial charge < -0.3 is 5.11 Å². The summed E-state index contributed by atoms with van der Waals surface area (Å²) >= 11 is 0. The molecule has 1 aromatic carbocycles. The number of hydrogen-bond donors (Lipinski definition) is 1. The molecule has 0 bridgehead atoms. The topological polar surface area (TPSA) is 97.5 Å². The smallest absolute Gasteiger partial charge is 0.283 e. The van der Waals surface area contributed by atoms with Gasteiger partial charge in [-0.15, -0.1) is 0 Å². The summed E-state index contributed by atoms with van der Waals surface area (Å²) in [6.45, 7) is 0. The van der Waals surface area contributed by atoms with Crippen molar-refractivity contribution in [3.63, 3.8) is 0 Å². The molecule has 0 aliphatic carbocycles. The van der Waals surface area contributed by atoms with Gasteiger partial charge in [-0.2, -0.15) is 0 Å². The summed E-state index contributed by atoms with van der Waals surface area (Å²) in [7, 11) is 0. The lowest BCUT2D eigenvalue weighted by molar-refractivity contribution is -0.385. The van der Waals surface area contributed by atoms with Crippen molar-refractivity contribution in [3.8, 4) is 5.75 Å². The van der Waals surface area contributed by atoms with Gasteiger partial charge >= 0.3 is 0 Å². The van der Waals surface area contributed by atoms with Crippen molar-refractivity contribution >= 4 is 18.3 Å². The van der Waals surface area contributed by atoms with Crippen molar-refractivity contribution in [2.75, 3.05) is 0 Å². The van der Waals surface area contributed by atoms with E-state index < -0.39 is 16.4 Å². The number of aromatic hydroxyl groups is 1. The number of nitrogens with zero attached hydrogens (tertiary/aromatic N) is 1. The van der Waals surface area contributed by atoms with Crippen LogP contribution in [0.2, 0.25) is 0 Å². The maximum Gasteiger partial charge on any atom is 0.283 e. The van der Waals surface area contributed by atoms with Gasteiger partial charge in [0, 0.05) is 0 Å². The molecule has 0 aliphatic heterocycles. The molecule has 6 nitrogen and oxygen atoms in total. The molecule has 1 N–H and O–H groups in total. The van der Waals surface area contributed by atoms with E-state index >= 15 is 0 Å². The fraction of sp³-hybridized carbons (Fsp3) is 0. The van der Waals surface area contributed by atoms with Crippen molar-refractivity contribution in [3.05, 3.63) is 33.4 Å². The molecule has 72 valence electrons. The number of phenolic OH excluding ortho intramolecular Hbond substituents is 1. The number of aldehydes is 2. The molecule has 0 heterocycles. The van der Waals surface area contributed by atoms with Gasteiger partial charge in [-0.05, 0) is 6.07 Å². The van der Waals surface area contributed by atoms with Crippen LogP contribution < -0.4 is 0 Å². The summed E-state index contributed by atoms with van der Waals surface area (Å²) in [5, 5.41) is 19.5. The summed E-state index contributed by atoms with van der Waals surface area (Å²) in [6.07, 6.45) is 0.566. The van der Waals surface area contributed by atoms with E-state index in [0.29, 0.717) is 6.29 Å². The number of phenols is 1. The Kier molecular flexibility index (Phi) is 2.57. The fourth-order valence-electron chi connectivity index (χ4n) is 0.958. The van der Waals surface area contributed by atoms with Crippen LogP contribution >= 0.6 is 0 Å². The minimum Gasteiger partial charge on any atom is -0.507 e. The third kappa shape index (κ3) is 1.58. The van der Waals surface area contributed by atoms with Crippen LogP contribution in [0.4, 0.5) is 5.69 Å². The molecule has 0 radical (unpaired) electrons. The van der Waals surface area contributed by atoms with E-state index in [4.69, 9.17) is 5.11 Å². The summed E-state index contributed by atoms with van der Waals surface area (Å²) in [4.78, 5) is 30.3. The largest absolute Gasteiger partial charge is 0.507 e. The van der Waals surface area contributed by atoms with E-state index in [1.54, 1.807) is 0 Å². The Balaban J connectivity index is 3.46. The first-order valence-electron chi connectivity index (χ1n) is 3.52. The quantitative estimate of drug-likeness (QED) is 0.439. The third-order valence-electron chi connectivity index (χ3n) is 1.63. The predicted molar refractivity (Wildman–Crippen MR) is 45.5 cm³/mol. The molecule has 0 fully saturated rings. The Morgan fingerprint density at radius 2 is 1.79 bits per heavy atom. The molecule has 0 spiro atoms. The predicted octanol–water partition coefficient (Wildman–Crippen LogP) is 0.925. The van der Waals surface area contributed by atoms with Crippen molar-refractivity contribution in [1.82, 2.24) is 0 Å². The highest BCUT2D eigenvalue weighted by Crippen LogP contribution is 2.25. The van der Waals surface area contributed by atoms with E-state index in [1.807, 2.05) is 0 Å². The Labute approximate surface area is 77.9 Å². The van der Waals surface area contributed by atoms with E-state index in [0.717, 1.165) is 12.1 Å². The van der Waals surface area contributed by atoms with Gasteiger partial charge in [0.15, 0.2) is 12.6 Å². The minimum absolute atomic E-state index is 0.155. The normalized spacial score (nSPS) is 9.43. The van der Waals surface area contributed by atoms with Gasteiger partial charge in [0.2, 0.25) is 0 Å². The lowest BCUT2D eigenvalue weighted by Gasteiger charge is -1.99. The molecule has 1 rings (SSSR count). The Morgan fingerprint density at radius 3 is 2.21 bits per heavy atom. The van der Waals surface area contributed by atoms with E-state index in [9.17, 15) is 19.7 Å². The molecular formula is C8H5NO5. The van der Waals surface area contributed by atoms with E-state index in [2.05, 4.69) is 0 Å². The average Bonchev–Trinajstić information content (AvgIpc) is 2.17. The zero-order valence-corrected chi connectivity index (χ0v) is 6.84. The molecule has 1 aromatic rings. The number of nitro groups is 1. The average molecular weight is 195 g/mol. The van der Waals surface area contributed by atoms with Gasteiger partial charge in [-0.25, -0.2) is 0 Å².